The number of anilines is 1. The third-order valence-electron chi connectivity index (χ3n) is 3.90. The minimum absolute atomic E-state index is 0.0441. The first-order chi connectivity index (χ1) is 9.61. The van der Waals surface area contributed by atoms with Crippen molar-refractivity contribution < 1.29 is 4.92 Å². The fourth-order valence-electron chi connectivity index (χ4n) is 2.68. The van der Waals surface area contributed by atoms with Gasteiger partial charge in [-0.1, -0.05) is 11.6 Å². The first kappa shape index (κ1) is 15.1. The average molecular weight is 298 g/mol. The second kappa shape index (κ2) is 6.90. The van der Waals surface area contributed by atoms with Crippen molar-refractivity contribution in [3.8, 4) is 0 Å². The Morgan fingerprint density at radius 1 is 1.45 bits per heavy atom. The predicted molar refractivity (Wildman–Crippen MR) is 81.6 cm³/mol. The van der Waals surface area contributed by atoms with Gasteiger partial charge in [0.25, 0.3) is 5.69 Å². The van der Waals surface area contributed by atoms with Gasteiger partial charge in [-0.05, 0) is 44.8 Å². The van der Waals surface area contributed by atoms with Crippen LogP contribution < -0.4 is 10.2 Å². The molecule has 1 saturated heterocycles. The summed E-state index contributed by atoms with van der Waals surface area (Å²) in [6, 6.07) is 4.71. The van der Waals surface area contributed by atoms with Gasteiger partial charge in [-0.25, -0.2) is 0 Å². The van der Waals surface area contributed by atoms with Gasteiger partial charge in [0.15, 0.2) is 0 Å². The summed E-state index contributed by atoms with van der Waals surface area (Å²) < 4.78 is 0. The molecule has 6 heteroatoms. The summed E-state index contributed by atoms with van der Waals surface area (Å²) in [5.74, 6) is 0.760. The standard InChI is InChI=1S/C14H20ClN3O2/c1-16-7-4-11-5-8-17(9-6-11)14-3-2-12(18(19)20)10-13(14)15/h2-3,10-11,16H,4-9H2,1H3. The third-order valence-corrected chi connectivity index (χ3v) is 4.20. The molecule has 0 radical (unpaired) electrons. The Kier molecular flexibility index (Phi) is 5.20. The molecule has 5 nitrogen and oxygen atoms in total. The van der Waals surface area contributed by atoms with E-state index in [0.717, 1.165) is 44.1 Å². The Morgan fingerprint density at radius 3 is 2.70 bits per heavy atom. The fourth-order valence-corrected chi connectivity index (χ4v) is 2.97. The lowest BCUT2D eigenvalue weighted by Crippen LogP contribution is -2.34. The molecular formula is C14H20ClN3O2. The van der Waals surface area contributed by atoms with Crippen LogP contribution >= 0.6 is 11.6 Å². The lowest BCUT2D eigenvalue weighted by atomic mass is 9.93. The van der Waals surface area contributed by atoms with Crippen LogP contribution in [0, 0.1) is 16.0 Å². The Balaban J connectivity index is 1.98. The summed E-state index contributed by atoms with van der Waals surface area (Å²) in [7, 11) is 1.98. The zero-order valence-corrected chi connectivity index (χ0v) is 12.4. The van der Waals surface area contributed by atoms with E-state index in [1.807, 2.05) is 7.05 Å². The zero-order chi connectivity index (χ0) is 14.5. The molecule has 1 fully saturated rings. The summed E-state index contributed by atoms with van der Waals surface area (Å²) in [5.41, 5.74) is 0.951. The minimum atomic E-state index is -0.417. The molecule has 0 spiro atoms. The Hall–Kier alpha value is -1.33. The first-order valence-electron chi connectivity index (χ1n) is 6.95. The lowest BCUT2D eigenvalue weighted by molar-refractivity contribution is -0.384. The van der Waals surface area contributed by atoms with Crippen LogP contribution in [-0.2, 0) is 0 Å². The molecule has 0 amide bonds. The largest absolute Gasteiger partial charge is 0.370 e. The molecule has 1 aromatic rings. The number of piperidine rings is 1. The highest BCUT2D eigenvalue weighted by Gasteiger charge is 2.21. The van der Waals surface area contributed by atoms with Gasteiger partial charge in [-0.15, -0.1) is 0 Å². The van der Waals surface area contributed by atoms with Crippen molar-refractivity contribution in [3.05, 3.63) is 33.3 Å². The number of benzene rings is 1. The molecule has 20 heavy (non-hydrogen) atoms. The third kappa shape index (κ3) is 3.61. The van der Waals surface area contributed by atoms with Crippen molar-refractivity contribution in [2.24, 2.45) is 5.92 Å². The van der Waals surface area contributed by atoms with Crippen molar-refractivity contribution >= 4 is 23.0 Å². The number of rotatable bonds is 5. The fraction of sp³-hybridized carbons (Fsp3) is 0.571. The summed E-state index contributed by atoms with van der Waals surface area (Å²) in [6.45, 7) is 2.99. The Bertz CT molecular complexity index is 473. The molecule has 1 aliphatic rings. The monoisotopic (exact) mass is 297 g/mol. The van der Waals surface area contributed by atoms with Gasteiger partial charge in [-0.2, -0.15) is 0 Å². The van der Waals surface area contributed by atoms with Crippen molar-refractivity contribution in [2.45, 2.75) is 19.3 Å². The van der Waals surface area contributed by atoms with Crippen molar-refractivity contribution in [2.75, 3.05) is 31.6 Å². The average Bonchev–Trinajstić information content (AvgIpc) is 2.45. The first-order valence-corrected chi connectivity index (χ1v) is 7.33. The second-order valence-corrected chi connectivity index (χ2v) is 5.62. The molecule has 0 aliphatic carbocycles. The summed E-state index contributed by atoms with van der Waals surface area (Å²) in [5, 5.41) is 14.4. The van der Waals surface area contributed by atoms with Crippen molar-refractivity contribution in [1.29, 1.82) is 0 Å². The smallest absolute Gasteiger partial charge is 0.271 e. The van der Waals surface area contributed by atoms with E-state index < -0.39 is 4.92 Å². The molecule has 0 unspecified atom stereocenters. The number of hydrogen-bond acceptors (Lipinski definition) is 4. The number of halogens is 1. The number of nitro groups is 1. The molecule has 0 atom stereocenters. The highest BCUT2D eigenvalue weighted by atomic mass is 35.5. The molecule has 1 N–H and O–H groups in total. The molecule has 0 saturated carbocycles. The number of hydrogen-bond donors (Lipinski definition) is 1. The van der Waals surface area contributed by atoms with Gasteiger partial charge in [-0.3, -0.25) is 10.1 Å². The topological polar surface area (TPSA) is 58.4 Å². The summed E-state index contributed by atoms with van der Waals surface area (Å²) >= 11 is 6.17. The molecule has 1 heterocycles. The molecule has 0 aromatic heterocycles. The second-order valence-electron chi connectivity index (χ2n) is 5.22. The highest BCUT2D eigenvalue weighted by molar-refractivity contribution is 6.33. The SMILES string of the molecule is CNCCC1CCN(c2ccc([N+](=O)[O-])cc2Cl)CC1. The molecule has 0 bridgehead atoms. The highest BCUT2D eigenvalue weighted by Crippen LogP contribution is 2.32. The van der Waals surface area contributed by atoms with E-state index in [9.17, 15) is 10.1 Å². The normalized spacial score (nSPS) is 16.4. The summed E-state index contributed by atoms with van der Waals surface area (Å²) in [4.78, 5) is 12.5. The van der Waals surface area contributed by atoms with E-state index in [4.69, 9.17) is 11.6 Å². The summed E-state index contributed by atoms with van der Waals surface area (Å²) in [6.07, 6.45) is 3.50. The number of non-ortho nitro benzene ring substituents is 1. The van der Waals surface area contributed by atoms with Gasteiger partial charge in [0.1, 0.15) is 0 Å². The lowest BCUT2D eigenvalue weighted by Gasteiger charge is -2.34. The molecule has 1 aromatic carbocycles. The van der Waals surface area contributed by atoms with Crippen molar-refractivity contribution in [3.63, 3.8) is 0 Å². The van der Waals surface area contributed by atoms with Crippen LogP contribution in [0.4, 0.5) is 11.4 Å². The van der Waals surface area contributed by atoms with Crippen LogP contribution in [0.1, 0.15) is 19.3 Å². The quantitative estimate of drug-likeness (QED) is 0.670. The van der Waals surface area contributed by atoms with E-state index in [1.54, 1.807) is 6.07 Å². The molecule has 110 valence electrons. The molecule has 1 aliphatic heterocycles. The number of nitro benzene ring substituents is 1. The zero-order valence-electron chi connectivity index (χ0n) is 11.6. The van der Waals surface area contributed by atoms with Gasteiger partial charge in [0, 0.05) is 25.2 Å². The van der Waals surface area contributed by atoms with Gasteiger partial charge in [0.05, 0.1) is 15.6 Å². The Morgan fingerprint density at radius 2 is 2.15 bits per heavy atom. The van der Waals surface area contributed by atoms with Gasteiger partial charge in [0.2, 0.25) is 0 Å². The predicted octanol–water partition coefficient (Wildman–Crippen LogP) is 3.07. The maximum absolute atomic E-state index is 10.7. The van der Waals surface area contributed by atoms with Gasteiger partial charge >= 0.3 is 0 Å². The van der Waals surface area contributed by atoms with E-state index in [2.05, 4.69) is 10.2 Å². The maximum atomic E-state index is 10.7. The van der Waals surface area contributed by atoms with Crippen LogP contribution in [-0.4, -0.2) is 31.6 Å². The maximum Gasteiger partial charge on any atom is 0.271 e. The number of nitrogens with one attached hydrogen (secondary N) is 1. The van der Waals surface area contributed by atoms with Crippen LogP contribution in [0.15, 0.2) is 18.2 Å². The van der Waals surface area contributed by atoms with Crippen LogP contribution in [0.25, 0.3) is 0 Å². The van der Waals surface area contributed by atoms with E-state index in [-0.39, 0.29) is 5.69 Å². The van der Waals surface area contributed by atoms with Crippen LogP contribution in [0.2, 0.25) is 5.02 Å². The molecular weight excluding hydrogens is 278 g/mol. The van der Waals surface area contributed by atoms with Crippen molar-refractivity contribution in [1.82, 2.24) is 5.32 Å². The van der Waals surface area contributed by atoms with E-state index >= 15 is 0 Å². The minimum Gasteiger partial charge on any atom is -0.370 e. The Labute approximate surface area is 124 Å². The van der Waals surface area contributed by atoms with Crippen LogP contribution in [0.3, 0.4) is 0 Å². The van der Waals surface area contributed by atoms with Gasteiger partial charge < -0.3 is 10.2 Å². The number of nitrogens with zero attached hydrogens (tertiary/aromatic N) is 2. The van der Waals surface area contributed by atoms with E-state index in [1.165, 1.54) is 18.6 Å². The molecule has 2 rings (SSSR count). The van der Waals surface area contributed by atoms with E-state index in [0.29, 0.717) is 5.02 Å². The van der Waals surface area contributed by atoms with Crippen LogP contribution in [0.5, 0.6) is 0 Å².